The van der Waals surface area contributed by atoms with Gasteiger partial charge in [0, 0.05) is 32.7 Å². The van der Waals surface area contributed by atoms with Crippen LogP contribution in [0.2, 0.25) is 5.02 Å². The largest absolute Gasteiger partial charge is 0.416 e. The van der Waals surface area contributed by atoms with Crippen molar-refractivity contribution < 1.29 is 18.0 Å². The van der Waals surface area contributed by atoms with Gasteiger partial charge >= 0.3 is 6.18 Å². The van der Waals surface area contributed by atoms with Gasteiger partial charge in [0.1, 0.15) is 6.33 Å². The lowest BCUT2D eigenvalue weighted by Gasteiger charge is -2.34. The Morgan fingerprint density at radius 2 is 1.94 bits per heavy atom. The second-order valence-corrected chi connectivity index (χ2v) is 7.69. The number of carbonyl (C=O) groups excluding carboxylic acids is 1. The molecular weight excluding hydrogens is 449 g/mol. The zero-order chi connectivity index (χ0) is 22.9. The highest BCUT2D eigenvalue weighted by Crippen LogP contribution is 2.33. The van der Waals surface area contributed by atoms with Gasteiger partial charge < -0.3 is 10.2 Å². The molecule has 0 saturated carbocycles. The minimum Gasteiger partial charge on any atom is -0.352 e. The van der Waals surface area contributed by atoms with Gasteiger partial charge in [-0.3, -0.25) is 9.69 Å². The lowest BCUT2D eigenvalue weighted by Crippen LogP contribution is -2.49. The van der Waals surface area contributed by atoms with E-state index in [-0.39, 0.29) is 17.3 Å². The molecule has 2 aromatic heterocycles. The van der Waals surface area contributed by atoms with Gasteiger partial charge in [-0.1, -0.05) is 16.8 Å². The van der Waals surface area contributed by atoms with E-state index in [9.17, 15) is 18.0 Å². The predicted molar refractivity (Wildman–Crippen MR) is 113 cm³/mol. The maximum absolute atomic E-state index is 12.9. The second-order valence-electron chi connectivity index (χ2n) is 7.28. The lowest BCUT2D eigenvalue weighted by molar-refractivity contribution is -0.137. The molecule has 0 radical (unpaired) electrons. The molecule has 0 aliphatic carbocycles. The summed E-state index contributed by atoms with van der Waals surface area (Å²) < 4.78 is 40.4. The van der Waals surface area contributed by atoms with Crippen molar-refractivity contribution in [2.75, 3.05) is 42.9 Å². The molecule has 1 amide bonds. The number of rotatable bonds is 5. The number of halogens is 4. The number of alkyl halides is 3. The maximum atomic E-state index is 12.9. The first-order chi connectivity index (χ1) is 15.3. The highest BCUT2D eigenvalue weighted by atomic mass is 35.5. The van der Waals surface area contributed by atoms with E-state index in [0.717, 1.165) is 18.2 Å². The van der Waals surface area contributed by atoms with E-state index in [1.165, 1.54) is 6.33 Å². The molecule has 1 N–H and O–H groups in total. The lowest BCUT2D eigenvalue weighted by atomic mass is 10.2. The van der Waals surface area contributed by atoms with Crippen LogP contribution in [0.15, 0.2) is 24.5 Å². The fourth-order valence-corrected chi connectivity index (χ4v) is 3.70. The van der Waals surface area contributed by atoms with Gasteiger partial charge in [0.25, 0.3) is 0 Å². The molecule has 0 spiro atoms. The molecule has 3 aromatic rings. The standard InChI is InChI=1S/C19H20ClF3N8O/c1-2-31-18-16(27-28-31)17(24-11-25-18)30-7-5-29(6-8-30)10-15(32)26-14-9-12(19(21,22)23)3-4-13(14)20/h3-4,9,11H,2,5-8,10H2,1H3,(H,26,32). The van der Waals surface area contributed by atoms with Gasteiger partial charge in [-0.05, 0) is 25.1 Å². The predicted octanol–water partition coefficient (Wildman–Crippen LogP) is 2.67. The van der Waals surface area contributed by atoms with Crippen LogP contribution < -0.4 is 10.2 Å². The van der Waals surface area contributed by atoms with Gasteiger partial charge in [0.2, 0.25) is 5.91 Å². The second kappa shape index (κ2) is 8.87. The monoisotopic (exact) mass is 468 g/mol. The molecule has 1 aromatic carbocycles. The Kier molecular flexibility index (Phi) is 6.15. The van der Waals surface area contributed by atoms with E-state index in [1.807, 2.05) is 11.8 Å². The third kappa shape index (κ3) is 4.60. The first-order valence-corrected chi connectivity index (χ1v) is 10.3. The third-order valence-electron chi connectivity index (χ3n) is 5.19. The van der Waals surface area contributed by atoms with Crippen LogP contribution in [0.25, 0.3) is 11.2 Å². The van der Waals surface area contributed by atoms with Crippen molar-refractivity contribution in [3.05, 3.63) is 35.1 Å². The van der Waals surface area contributed by atoms with Gasteiger partial charge in [0.15, 0.2) is 17.0 Å². The van der Waals surface area contributed by atoms with Crippen molar-refractivity contribution in [1.29, 1.82) is 0 Å². The van der Waals surface area contributed by atoms with Crippen LogP contribution in [0, 0.1) is 0 Å². The number of piperazine rings is 1. The number of hydrogen-bond donors (Lipinski definition) is 1. The topological polar surface area (TPSA) is 92.1 Å². The Morgan fingerprint density at radius 3 is 2.62 bits per heavy atom. The minimum atomic E-state index is -4.52. The first kappa shape index (κ1) is 22.2. The van der Waals surface area contributed by atoms with Gasteiger partial charge in [0.05, 0.1) is 22.8 Å². The van der Waals surface area contributed by atoms with Gasteiger partial charge in [-0.2, -0.15) is 13.2 Å². The number of benzene rings is 1. The Morgan fingerprint density at radius 1 is 1.19 bits per heavy atom. The van der Waals surface area contributed by atoms with Crippen LogP contribution in [0.4, 0.5) is 24.7 Å². The number of fused-ring (bicyclic) bond motifs is 1. The molecule has 32 heavy (non-hydrogen) atoms. The van der Waals surface area contributed by atoms with Crippen LogP contribution >= 0.6 is 11.6 Å². The number of aromatic nitrogens is 5. The number of carbonyl (C=O) groups is 1. The fourth-order valence-electron chi connectivity index (χ4n) is 3.53. The first-order valence-electron chi connectivity index (χ1n) is 9.94. The number of aryl methyl sites for hydroxylation is 1. The van der Waals surface area contributed by atoms with Crippen molar-refractivity contribution in [2.45, 2.75) is 19.6 Å². The Bertz CT molecular complexity index is 1130. The number of hydrogen-bond acceptors (Lipinski definition) is 7. The average molecular weight is 469 g/mol. The van der Waals surface area contributed by atoms with E-state index in [0.29, 0.717) is 49.7 Å². The Balaban J connectivity index is 1.37. The maximum Gasteiger partial charge on any atom is 0.416 e. The van der Waals surface area contributed by atoms with Crippen LogP contribution in [0.1, 0.15) is 12.5 Å². The van der Waals surface area contributed by atoms with Crippen molar-refractivity contribution in [1.82, 2.24) is 29.9 Å². The summed E-state index contributed by atoms with van der Waals surface area (Å²) in [5, 5.41) is 10.8. The molecule has 0 atom stereocenters. The van der Waals surface area contributed by atoms with Crippen molar-refractivity contribution in [3.8, 4) is 0 Å². The zero-order valence-electron chi connectivity index (χ0n) is 17.1. The number of nitrogens with one attached hydrogen (secondary N) is 1. The summed E-state index contributed by atoms with van der Waals surface area (Å²) in [5.74, 6) is 0.254. The van der Waals surface area contributed by atoms with E-state index in [2.05, 4.69) is 30.5 Å². The van der Waals surface area contributed by atoms with E-state index in [4.69, 9.17) is 11.6 Å². The SMILES string of the molecule is CCn1nnc2c(N3CCN(CC(=O)Nc4cc(C(F)(F)F)ccc4Cl)CC3)ncnc21. The highest BCUT2D eigenvalue weighted by molar-refractivity contribution is 6.33. The van der Waals surface area contributed by atoms with Crippen LogP contribution in [-0.4, -0.2) is 68.5 Å². The van der Waals surface area contributed by atoms with Crippen molar-refractivity contribution >= 4 is 40.2 Å². The molecule has 170 valence electrons. The van der Waals surface area contributed by atoms with E-state index < -0.39 is 17.6 Å². The third-order valence-corrected chi connectivity index (χ3v) is 5.52. The number of nitrogens with zero attached hydrogens (tertiary/aromatic N) is 7. The molecule has 1 aliphatic heterocycles. The normalized spacial score (nSPS) is 15.3. The van der Waals surface area contributed by atoms with Gasteiger partial charge in [-0.25, -0.2) is 14.6 Å². The Hall–Kier alpha value is -2.99. The summed E-state index contributed by atoms with van der Waals surface area (Å²) >= 11 is 5.95. The molecule has 0 bridgehead atoms. The summed E-state index contributed by atoms with van der Waals surface area (Å²) in [5.41, 5.74) is 0.353. The highest BCUT2D eigenvalue weighted by Gasteiger charge is 2.31. The summed E-state index contributed by atoms with van der Waals surface area (Å²) in [7, 11) is 0. The summed E-state index contributed by atoms with van der Waals surface area (Å²) in [6.07, 6.45) is -3.04. The van der Waals surface area contributed by atoms with E-state index in [1.54, 1.807) is 4.68 Å². The molecule has 13 heteroatoms. The molecule has 0 unspecified atom stereocenters. The fraction of sp³-hybridized carbons (Fsp3) is 0.421. The summed E-state index contributed by atoms with van der Waals surface area (Å²) in [6.45, 7) is 4.96. The van der Waals surface area contributed by atoms with Crippen molar-refractivity contribution in [3.63, 3.8) is 0 Å². The molecule has 3 heterocycles. The van der Waals surface area contributed by atoms with Gasteiger partial charge in [-0.15, -0.1) is 5.10 Å². The molecule has 4 rings (SSSR count). The molecule has 1 saturated heterocycles. The Labute approximate surface area is 186 Å². The summed E-state index contributed by atoms with van der Waals surface area (Å²) in [4.78, 5) is 25.0. The molecule has 1 fully saturated rings. The molecule has 9 nitrogen and oxygen atoms in total. The van der Waals surface area contributed by atoms with Crippen LogP contribution in [0.3, 0.4) is 0 Å². The smallest absolute Gasteiger partial charge is 0.352 e. The number of anilines is 2. The van der Waals surface area contributed by atoms with E-state index >= 15 is 0 Å². The average Bonchev–Trinajstić information content (AvgIpc) is 3.18. The zero-order valence-corrected chi connectivity index (χ0v) is 17.9. The molecule has 1 aliphatic rings. The number of amides is 1. The molecular formula is C19H20ClF3N8O. The summed E-state index contributed by atoms with van der Waals surface area (Å²) in [6, 6.07) is 2.83. The van der Waals surface area contributed by atoms with Crippen LogP contribution in [-0.2, 0) is 17.5 Å². The van der Waals surface area contributed by atoms with Crippen LogP contribution in [0.5, 0.6) is 0 Å². The minimum absolute atomic E-state index is 0.0333. The van der Waals surface area contributed by atoms with Crippen molar-refractivity contribution in [2.24, 2.45) is 0 Å². The quantitative estimate of drug-likeness (QED) is 0.615.